The summed E-state index contributed by atoms with van der Waals surface area (Å²) in [6.45, 7) is 4.91. The van der Waals surface area contributed by atoms with Crippen molar-refractivity contribution in [2.24, 2.45) is 0 Å². The Balaban J connectivity index is 1.99. The summed E-state index contributed by atoms with van der Waals surface area (Å²) in [5.41, 5.74) is 0.986. The molecule has 2 rings (SSSR count). The van der Waals surface area contributed by atoms with Crippen molar-refractivity contribution < 1.29 is 19.0 Å². The zero-order valence-corrected chi connectivity index (χ0v) is 13.2. The number of hydrogen-bond acceptors (Lipinski definition) is 5. The van der Waals surface area contributed by atoms with Crippen LogP contribution in [0.5, 0.6) is 11.5 Å². The molecule has 120 valence electrons. The zero-order valence-electron chi connectivity index (χ0n) is 13.2. The Morgan fingerprint density at radius 3 is 2.68 bits per heavy atom. The highest BCUT2D eigenvalue weighted by atomic mass is 16.5. The minimum atomic E-state index is -0.671. The van der Waals surface area contributed by atoms with Gasteiger partial charge >= 0.3 is 0 Å². The number of ether oxygens (including phenoxy) is 2. The predicted molar refractivity (Wildman–Crippen MR) is 84.1 cm³/mol. The molecule has 2 N–H and O–H groups in total. The zero-order chi connectivity index (χ0) is 15.9. The molecule has 2 aromatic rings. The summed E-state index contributed by atoms with van der Waals surface area (Å²) < 4.78 is 16.4. The van der Waals surface area contributed by atoms with Crippen LogP contribution < -0.4 is 14.8 Å². The average Bonchev–Trinajstić information content (AvgIpc) is 3.02. The maximum atomic E-state index is 9.99. The SMILES string of the molecule is COc1cccc(CNCC(O)c2ccco2)c1OC(C)C. The van der Waals surface area contributed by atoms with Gasteiger partial charge in [-0.25, -0.2) is 0 Å². The average molecular weight is 305 g/mol. The molecule has 0 radical (unpaired) electrons. The van der Waals surface area contributed by atoms with Gasteiger partial charge in [-0.3, -0.25) is 0 Å². The molecule has 1 atom stereocenters. The number of nitrogens with one attached hydrogen (secondary N) is 1. The van der Waals surface area contributed by atoms with E-state index in [-0.39, 0.29) is 6.10 Å². The maximum Gasteiger partial charge on any atom is 0.166 e. The van der Waals surface area contributed by atoms with Crippen molar-refractivity contribution in [3.63, 3.8) is 0 Å². The van der Waals surface area contributed by atoms with E-state index >= 15 is 0 Å². The third kappa shape index (κ3) is 4.26. The largest absolute Gasteiger partial charge is 0.493 e. The molecule has 1 heterocycles. The van der Waals surface area contributed by atoms with Crippen molar-refractivity contribution in [1.82, 2.24) is 5.32 Å². The molecule has 0 bridgehead atoms. The normalized spacial score (nSPS) is 12.4. The van der Waals surface area contributed by atoms with Crippen LogP contribution in [0.15, 0.2) is 41.0 Å². The number of rotatable bonds is 8. The van der Waals surface area contributed by atoms with Crippen LogP contribution in [0.1, 0.15) is 31.3 Å². The molecular formula is C17H23NO4. The summed E-state index contributed by atoms with van der Waals surface area (Å²) in [6, 6.07) is 9.29. The van der Waals surface area contributed by atoms with Crippen molar-refractivity contribution >= 4 is 0 Å². The van der Waals surface area contributed by atoms with Crippen LogP contribution in [-0.2, 0) is 6.54 Å². The first-order chi connectivity index (χ1) is 10.6. The van der Waals surface area contributed by atoms with Crippen molar-refractivity contribution in [1.29, 1.82) is 0 Å². The van der Waals surface area contributed by atoms with Gasteiger partial charge in [0.15, 0.2) is 11.5 Å². The van der Waals surface area contributed by atoms with Gasteiger partial charge in [0.1, 0.15) is 11.9 Å². The van der Waals surface area contributed by atoms with Gasteiger partial charge in [0, 0.05) is 18.7 Å². The Labute approximate surface area is 130 Å². The molecule has 0 spiro atoms. The fraction of sp³-hybridized carbons (Fsp3) is 0.412. The molecule has 1 aromatic carbocycles. The lowest BCUT2D eigenvalue weighted by Gasteiger charge is -2.18. The Morgan fingerprint density at radius 2 is 2.05 bits per heavy atom. The van der Waals surface area contributed by atoms with Crippen LogP contribution in [0.3, 0.4) is 0 Å². The van der Waals surface area contributed by atoms with Gasteiger partial charge in [0.25, 0.3) is 0 Å². The lowest BCUT2D eigenvalue weighted by molar-refractivity contribution is 0.147. The van der Waals surface area contributed by atoms with Gasteiger partial charge in [-0.05, 0) is 32.0 Å². The van der Waals surface area contributed by atoms with E-state index in [0.29, 0.717) is 24.6 Å². The second-order valence-corrected chi connectivity index (χ2v) is 5.28. The fourth-order valence-electron chi connectivity index (χ4n) is 2.16. The number of aliphatic hydroxyl groups excluding tert-OH is 1. The first-order valence-electron chi connectivity index (χ1n) is 7.36. The van der Waals surface area contributed by atoms with Crippen molar-refractivity contribution in [2.75, 3.05) is 13.7 Å². The summed E-state index contributed by atoms with van der Waals surface area (Å²) in [6.07, 6.45) is 0.939. The third-order valence-corrected chi connectivity index (χ3v) is 3.16. The van der Waals surface area contributed by atoms with Crippen LogP contribution in [0.2, 0.25) is 0 Å². The minimum absolute atomic E-state index is 0.0590. The molecule has 0 fully saturated rings. The maximum absolute atomic E-state index is 9.99. The number of methoxy groups -OCH3 is 1. The van der Waals surface area contributed by atoms with E-state index in [4.69, 9.17) is 13.9 Å². The fourth-order valence-corrected chi connectivity index (χ4v) is 2.16. The quantitative estimate of drug-likeness (QED) is 0.785. The van der Waals surface area contributed by atoms with E-state index in [2.05, 4.69) is 5.32 Å². The molecular weight excluding hydrogens is 282 g/mol. The van der Waals surface area contributed by atoms with Crippen LogP contribution in [-0.4, -0.2) is 24.9 Å². The summed E-state index contributed by atoms with van der Waals surface area (Å²) in [5, 5.41) is 13.2. The summed E-state index contributed by atoms with van der Waals surface area (Å²) >= 11 is 0. The van der Waals surface area contributed by atoms with Crippen LogP contribution in [0.4, 0.5) is 0 Å². The van der Waals surface area contributed by atoms with E-state index in [9.17, 15) is 5.11 Å². The van der Waals surface area contributed by atoms with Gasteiger partial charge in [0.05, 0.1) is 19.5 Å². The number of aliphatic hydroxyl groups is 1. The summed E-state index contributed by atoms with van der Waals surface area (Å²) in [5.74, 6) is 2.00. The molecule has 0 aliphatic rings. The molecule has 1 aromatic heterocycles. The molecule has 1 unspecified atom stereocenters. The van der Waals surface area contributed by atoms with Crippen molar-refractivity contribution in [2.45, 2.75) is 32.6 Å². The van der Waals surface area contributed by atoms with Crippen LogP contribution >= 0.6 is 0 Å². The first-order valence-corrected chi connectivity index (χ1v) is 7.36. The number of benzene rings is 1. The molecule has 5 heteroatoms. The third-order valence-electron chi connectivity index (χ3n) is 3.16. The Hall–Kier alpha value is -1.98. The van der Waals surface area contributed by atoms with Gasteiger partial charge < -0.3 is 24.3 Å². The van der Waals surface area contributed by atoms with Gasteiger partial charge in [-0.1, -0.05) is 12.1 Å². The second-order valence-electron chi connectivity index (χ2n) is 5.28. The summed E-state index contributed by atoms with van der Waals surface area (Å²) in [4.78, 5) is 0. The molecule has 0 aliphatic carbocycles. The molecule has 0 aliphatic heterocycles. The van der Waals surface area contributed by atoms with Crippen molar-refractivity contribution in [3.8, 4) is 11.5 Å². The summed E-state index contributed by atoms with van der Waals surface area (Å²) in [7, 11) is 1.63. The Kier molecular flexibility index (Phi) is 5.86. The Morgan fingerprint density at radius 1 is 1.23 bits per heavy atom. The van der Waals surface area contributed by atoms with E-state index in [0.717, 1.165) is 11.3 Å². The number of hydrogen-bond donors (Lipinski definition) is 2. The highest BCUT2D eigenvalue weighted by Crippen LogP contribution is 2.32. The first kappa shape index (κ1) is 16.4. The highest BCUT2D eigenvalue weighted by Gasteiger charge is 2.14. The topological polar surface area (TPSA) is 63.9 Å². The van der Waals surface area contributed by atoms with Crippen molar-refractivity contribution in [3.05, 3.63) is 47.9 Å². The van der Waals surface area contributed by atoms with Crippen LogP contribution in [0.25, 0.3) is 0 Å². The van der Waals surface area contributed by atoms with E-state index < -0.39 is 6.10 Å². The second kappa shape index (κ2) is 7.87. The monoisotopic (exact) mass is 305 g/mol. The standard InChI is InChI=1S/C17H23NO4/c1-12(2)22-17-13(6-4-7-16(17)20-3)10-18-11-14(19)15-8-5-9-21-15/h4-9,12,14,18-19H,10-11H2,1-3H3. The van der Waals surface area contributed by atoms with Gasteiger partial charge in [-0.15, -0.1) is 0 Å². The molecule has 0 amide bonds. The minimum Gasteiger partial charge on any atom is -0.493 e. The molecule has 22 heavy (non-hydrogen) atoms. The lowest BCUT2D eigenvalue weighted by Crippen LogP contribution is -2.21. The van der Waals surface area contributed by atoms with E-state index in [1.54, 1.807) is 25.5 Å². The molecule has 0 saturated heterocycles. The molecule has 5 nitrogen and oxygen atoms in total. The highest BCUT2D eigenvalue weighted by molar-refractivity contribution is 5.46. The van der Waals surface area contributed by atoms with Gasteiger partial charge in [-0.2, -0.15) is 0 Å². The van der Waals surface area contributed by atoms with E-state index in [1.165, 1.54) is 0 Å². The smallest absolute Gasteiger partial charge is 0.166 e. The lowest BCUT2D eigenvalue weighted by atomic mass is 10.1. The van der Waals surface area contributed by atoms with Gasteiger partial charge in [0.2, 0.25) is 0 Å². The Bertz CT molecular complexity index is 566. The van der Waals surface area contributed by atoms with Crippen LogP contribution in [0, 0.1) is 0 Å². The molecule has 0 saturated carbocycles. The van der Waals surface area contributed by atoms with E-state index in [1.807, 2.05) is 32.0 Å². The number of para-hydroxylation sites is 1. The number of furan rings is 1. The predicted octanol–water partition coefficient (Wildman–Crippen LogP) is 2.90.